The number of pyridine rings is 1. The highest BCUT2D eigenvalue weighted by Crippen LogP contribution is 2.27. The molecule has 1 aromatic heterocycles. The highest BCUT2D eigenvalue weighted by atomic mass is 19.1. The Bertz CT molecular complexity index is 1010. The van der Waals surface area contributed by atoms with Gasteiger partial charge in [-0.1, -0.05) is 25.5 Å². The molecular weight excluding hydrogens is 335 g/mol. The maximum Gasteiger partial charge on any atom is 0.267 e. The summed E-state index contributed by atoms with van der Waals surface area (Å²) in [6, 6.07) is 12.1. The molecule has 0 saturated heterocycles. The fourth-order valence-electron chi connectivity index (χ4n) is 2.86. The van der Waals surface area contributed by atoms with Crippen LogP contribution in [0.15, 0.2) is 53.3 Å². The number of nitrogens with zero attached hydrogens (tertiary/aromatic N) is 1. The number of rotatable bonds is 5. The van der Waals surface area contributed by atoms with E-state index in [2.05, 4.69) is 5.32 Å². The Labute approximate surface area is 149 Å². The van der Waals surface area contributed by atoms with Gasteiger partial charge in [0.15, 0.2) is 0 Å². The molecule has 26 heavy (non-hydrogen) atoms. The third-order valence-electron chi connectivity index (χ3n) is 4.21. The van der Waals surface area contributed by atoms with Gasteiger partial charge in [0.25, 0.3) is 11.5 Å². The van der Waals surface area contributed by atoms with E-state index < -0.39 is 17.3 Å². The molecule has 5 nitrogen and oxygen atoms in total. The van der Waals surface area contributed by atoms with Crippen molar-refractivity contribution >= 4 is 22.5 Å². The van der Waals surface area contributed by atoms with Crippen LogP contribution in [0.5, 0.6) is 5.75 Å². The van der Waals surface area contributed by atoms with Crippen molar-refractivity contribution in [3.05, 3.63) is 70.3 Å². The summed E-state index contributed by atoms with van der Waals surface area (Å²) < 4.78 is 14.5. The van der Waals surface area contributed by atoms with Crippen LogP contribution in [0.1, 0.15) is 30.1 Å². The second-order valence-corrected chi connectivity index (χ2v) is 6.01. The normalized spacial score (nSPS) is 10.8. The quantitative estimate of drug-likeness (QED) is 0.730. The fourth-order valence-corrected chi connectivity index (χ4v) is 2.86. The summed E-state index contributed by atoms with van der Waals surface area (Å²) in [6.45, 7) is 2.46. The zero-order chi connectivity index (χ0) is 18.7. The largest absolute Gasteiger partial charge is 0.506 e. The van der Waals surface area contributed by atoms with Gasteiger partial charge >= 0.3 is 0 Å². The summed E-state index contributed by atoms with van der Waals surface area (Å²) in [6.07, 6.45) is 1.66. The maximum atomic E-state index is 13.0. The molecule has 6 heteroatoms. The number of benzene rings is 2. The van der Waals surface area contributed by atoms with Gasteiger partial charge in [-0.3, -0.25) is 9.59 Å². The fraction of sp³-hybridized carbons (Fsp3) is 0.200. The zero-order valence-corrected chi connectivity index (χ0v) is 14.3. The number of anilines is 1. The minimum absolute atomic E-state index is 0.316. The zero-order valence-electron chi connectivity index (χ0n) is 14.3. The van der Waals surface area contributed by atoms with Crippen LogP contribution < -0.4 is 10.9 Å². The molecule has 0 spiro atoms. The predicted octanol–water partition coefficient (Wildman–Crippen LogP) is 3.90. The van der Waals surface area contributed by atoms with E-state index in [-0.39, 0.29) is 11.3 Å². The van der Waals surface area contributed by atoms with Gasteiger partial charge in [0, 0.05) is 17.6 Å². The highest BCUT2D eigenvalue weighted by molar-refractivity contribution is 6.09. The molecule has 0 bridgehead atoms. The van der Waals surface area contributed by atoms with Crippen LogP contribution >= 0.6 is 0 Å². The number of amides is 1. The van der Waals surface area contributed by atoms with Crippen LogP contribution in [0, 0.1) is 5.82 Å². The number of carbonyl (C=O) groups excluding carboxylic acids is 1. The van der Waals surface area contributed by atoms with E-state index in [1.165, 1.54) is 28.8 Å². The van der Waals surface area contributed by atoms with Crippen molar-refractivity contribution in [1.29, 1.82) is 0 Å². The van der Waals surface area contributed by atoms with E-state index in [0.717, 1.165) is 12.8 Å². The second-order valence-electron chi connectivity index (χ2n) is 6.01. The molecule has 0 aliphatic heterocycles. The summed E-state index contributed by atoms with van der Waals surface area (Å²) >= 11 is 0. The van der Waals surface area contributed by atoms with Crippen molar-refractivity contribution in [2.24, 2.45) is 0 Å². The summed E-state index contributed by atoms with van der Waals surface area (Å²) in [4.78, 5) is 25.5. The standard InChI is InChI=1S/C20H19FN2O3/c1-2-3-12-23-16-7-5-4-6-15(16)18(24)17(20(23)26)19(25)22-14-10-8-13(21)9-11-14/h4-11,24H,2-3,12H2,1H3,(H,22,25). The van der Waals surface area contributed by atoms with Crippen LogP contribution in [0.3, 0.4) is 0 Å². The Morgan fingerprint density at radius 2 is 1.85 bits per heavy atom. The van der Waals surface area contributed by atoms with Crippen molar-refractivity contribution in [1.82, 2.24) is 4.57 Å². The lowest BCUT2D eigenvalue weighted by atomic mass is 10.1. The van der Waals surface area contributed by atoms with Crippen molar-refractivity contribution in [3.8, 4) is 5.75 Å². The molecule has 2 aromatic carbocycles. The average Bonchev–Trinajstić information content (AvgIpc) is 2.64. The van der Waals surface area contributed by atoms with Crippen molar-refractivity contribution in [3.63, 3.8) is 0 Å². The Hall–Kier alpha value is -3.15. The number of halogens is 1. The SMILES string of the molecule is CCCCn1c(=O)c(C(=O)Nc2ccc(F)cc2)c(O)c2ccccc21. The van der Waals surface area contributed by atoms with Gasteiger partial charge in [0.2, 0.25) is 0 Å². The number of aryl methyl sites for hydroxylation is 1. The lowest BCUT2D eigenvalue weighted by Crippen LogP contribution is -2.30. The number of hydrogen-bond acceptors (Lipinski definition) is 3. The lowest BCUT2D eigenvalue weighted by Gasteiger charge is -2.14. The summed E-state index contributed by atoms with van der Waals surface area (Å²) in [5.74, 6) is -1.51. The van der Waals surface area contributed by atoms with E-state index in [4.69, 9.17) is 0 Å². The first-order valence-electron chi connectivity index (χ1n) is 8.44. The number of aromatic nitrogens is 1. The predicted molar refractivity (Wildman–Crippen MR) is 99.1 cm³/mol. The number of hydrogen-bond donors (Lipinski definition) is 2. The van der Waals surface area contributed by atoms with Crippen molar-refractivity contribution < 1.29 is 14.3 Å². The smallest absolute Gasteiger partial charge is 0.267 e. The highest BCUT2D eigenvalue weighted by Gasteiger charge is 2.22. The van der Waals surface area contributed by atoms with Gasteiger partial charge in [-0.15, -0.1) is 0 Å². The van der Waals surface area contributed by atoms with Gasteiger partial charge in [-0.05, 0) is 42.8 Å². The number of para-hydroxylation sites is 1. The number of nitrogens with one attached hydrogen (secondary N) is 1. The van der Waals surface area contributed by atoms with Crippen LogP contribution in [-0.2, 0) is 6.54 Å². The summed E-state index contributed by atoms with van der Waals surface area (Å²) in [5.41, 5.74) is 0.0589. The minimum Gasteiger partial charge on any atom is -0.506 e. The average molecular weight is 354 g/mol. The van der Waals surface area contributed by atoms with E-state index >= 15 is 0 Å². The topological polar surface area (TPSA) is 71.3 Å². The lowest BCUT2D eigenvalue weighted by molar-refractivity contribution is 0.102. The number of carbonyl (C=O) groups is 1. The Balaban J connectivity index is 2.11. The maximum absolute atomic E-state index is 13.0. The molecule has 0 aliphatic rings. The van der Waals surface area contributed by atoms with Crippen molar-refractivity contribution in [2.45, 2.75) is 26.3 Å². The van der Waals surface area contributed by atoms with Gasteiger partial charge in [-0.25, -0.2) is 4.39 Å². The first kappa shape index (κ1) is 17.7. The van der Waals surface area contributed by atoms with Gasteiger partial charge < -0.3 is 15.0 Å². The van der Waals surface area contributed by atoms with Crippen LogP contribution in [0.4, 0.5) is 10.1 Å². The Morgan fingerprint density at radius 1 is 1.15 bits per heavy atom. The monoisotopic (exact) mass is 354 g/mol. The van der Waals surface area contributed by atoms with Gasteiger partial charge in [0.1, 0.15) is 17.1 Å². The molecule has 0 atom stereocenters. The summed E-state index contributed by atoms with van der Waals surface area (Å²) in [5, 5.41) is 13.5. The third kappa shape index (κ3) is 3.31. The molecule has 1 amide bonds. The first-order chi connectivity index (χ1) is 12.5. The number of fused-ring (bicyclic) bond motifs is 1. The number of aromatic hydroxyl groups is 1. The molecule has 134 valence electrons. The Morgan fingerprint density at radius 3 is 2.54 bits per heavy atom. The molecular formula is C20H19FN2O3. The molecule has 2 N–H and O–H groups in total. The van der Waals surface area contributed by atoms with E-state index in [9.17, 15) is 19.1 Å². The summed E-state index contributed by atoms with van der Waals surface area (Å²) in [7, 11) is 0. The second kappa shape index (κ2) is 7.39. The molecule has 0 unspecified atom stereocenters. The molecule has 0 saturated carbocycles. The van der Waals surface area contributed by atoms with Crippen LogP contribution in [-0.4, -0.2) is 15.6 Å². The first-order valence-corrected chi connectivity index (χ1v) is 8.44. The van der Waals surface area contributed by atoms with Crippen LogP contribution in [0.25, 0.3) is 10.9 Å². The van der Waals surface area contributed by atoms with E-state index in [1.54, 1.807) is 24.3 Å². The minimum atomic E-state index is -0.727. The molecule has 0 aliphatic carbocycles. The molecule has 3 rings (SSSR count). The molecule has 1 heterocycles. The van der Waals surface area contributed by atoms with Gasteiger partial charge in [0.05, 0.1) is 5.52 Å². The van der Waals surface area contributed by atoms with E-state index in [0.29, 0.717) is 23.1 Å². The van der Waals surface area contributed by atoms with Crippen LogP contribution in [0.2, 0.25) is 0 Å². The molecule has 0 fully saturated rings. The van der Waals surface area contributed by atoms with Crippen molar-refractivity contribution in [2.75, 3.05) is 5.32 Å². The van der Waals surface area contributed by atoms with Gasteiger partial charge in [-0.2, -0.15) is 0 Å². The Kier molecular flexibility index (Phi) is 5.02. The third-order valence-corrected chi connectivity index (χ3v) is 4.21. The molecule has 0 radical (unpaired) electrons. The molecule has 3 aromatic rings. The van der Waals surface area contributed by atoms with E-state index in [1.807, 2.05) is 6.92 Å². The number of unbranched alkanes of at least 4 members (excludes halogenated alkanes) is 1.